The Labute approximate surface area is 357 Å². The number of carbonyl (C=O) groups is 2. The minimum Gasteiger partial charge on any atom is -0.353 e. The van der Waals surface area contributed by atoms with Crippen LogP contribution >= 0.6 is 0 Å². The molecule has 4 fully saturated rings. The third kappa shape index (κ3) is 6.80. The molecule has 0 aromatic carbocycles. The van der Waals surface area contributed by atoms with E-state index in [-0.39, 0.29) is 44.6 Å². The summed E-state index contributed by atoms with van der Waals surface area (Å²) >= 11 is 0. The fraction of sp³-hybridized carbons (Fsp3) is 0.529. The topological polar surface area (TPSA) is 84.0 Å². The second-order valence-corrected chi connectivity index (χ2v) is 20.0. The highest BCUT2D eigenvalue weighted by Gasteiger charge is 2.57. The third-order valence-corrected chi connectivity index (χ3v) is 17.0. The second kappa shape index (κ2) is 15.3. The highest BCUT2D eigenvalue weighted by molar-refractivity contribution is 5.89. The summed E-state index contributed by atoms with van der Waals surface area (Å²) in [6.07, 6.45) is 22.6. The minimum atomic E-state index is -2.51. The lowest BCUT2D eigenvalue weighted by atomic mass is 9.47. The van der Waals surface area contributed by atoms with E-state index in [2.05, 4.69) is 79.5 Å². The Morgan fingerprint density at radius 2 is 1.13 bits per heavy atom. The summed E-state index contributed by atoms with van der Waals surface area (Å²) < 4.78 is 53.0. The number of nitrogens with one attached hydrogen (secondary N) is 2. The Hall–Kier alpha value is -4.60. The van der Waals surface area contributed by atoms with Crippen LogP contribution in [0.2, 0.25) is 0 Å². The number of carbonyl (C=O) groups excluding carboxylic acids is 2. The summed E-state index contributed by atoms with van der Waals surface area (Å²) in [6.45, 7) is 13.0. The number of rotatable bonds is 4. The summed E-state index contributed by atoms with van der Waals surface area (Å²) in [5, 5.41) is 6.04. The number of allylic oxidation sites excluding steroid dienone is 10. The Balaban J connectivity index is 0.000000156. The Morgan fingerprint density at radius 3 is 1.69 bits per heavy atom. The fourth-order valence-corrected chi connectivity index (χ4v) is 13.8. The van der Waals surface area contributed by atoms with Crippen LogP contribution in [-0.2, 0) is 9.59 Å². The lowest BCUT2D eigenvalue weighted by Crippen LogP contribution is -2.48. The van der Waals surface area contributed by atoms with E-state index < -0.39 is 12.9 Å². The molecule has 4 heterocycles. The highest BCUT2D eigenvalue weighted by Crippen LogP contribution is 2.67. The van der Waals surface area contributed by atoms with Gasteiger partial charge >= 0.3 is 0 Å². The molecule has 2 aromatic rings. The molecule has 10 heteroatoms. The van der Waals surface area contributed by atoms with E-state index in [1.165, 1.54) is 34.7 Å². The second-order valence-electron chi connectivity index (χ2n) is 20.0. The monoisotopic (exact) mass is 834 g/mol. The summed E-state index contributed by atoms with van der Waals surface area (Å²) in [5.74, 6) is 2.38. The Bertz CT molecular complexity index is 2340. The smallest absolute Gasteiger partial charge is 0.265 e. The molecule has 0 bridgehead atoms. The van der Waals surface area contributed by atoms with Gasteiger partial charge in [-0.25, -0.2) is 17.6 Å². The zero-order valence-electron chi connectivity index (χ0n) is 36.0. The van der Waals surface area contributed by atoms with Crippen molar-refractivity contribution in [1.82, 2.24) is 20.6 Å². The van der Waals surface area contributed by atoms with Crippen molar-refractivity contribution in [2.45, 2.75) is 105 Å². The number of amides is 2. The van der Waals surface area contributed by atoms with E-state index in [9.17, 15) is 27.2 Å². The number of pyridine rings is 2. The summed E-state index contributed by atoms with van der Waals surface area (Å²) in [7, 11) is 0. The molecule has 9 atom stereocenters. The molecule has 0 saturated heterocycles. The Kier molecular flexibility index (Phi) is 10.5. The van der Waals surface area contributed by atoms with Crippen molar-refractivity contribution in [3.63, 3.8) is 0 Å². The minimum absolute atomic E-state index is 0.0174. The van der Waals surface area contributed by atoms with Gasteiger partial charge in [-0.15, -0.1) is 0 Å². The molecule has 0 spiro atoms. The molecule has 8 aliphatic rings. The molecular weight excluding hydrogens is 777 g/mol. The van der Waals surface area contributed by atoms with Crippen LogP contribution in [0.15, 0.2) is 95.7 Å². The lowest BCUT2D eigenvalue weighted by molar-refractivity contribution is -0.117. The standard InChI is InChI=1S/C26H30F2N2O.C25H28F2N2O/c1-15-10-18-20-5-4-19(16-11-17(24(27)28)14-29-13-16)25(20,2)7-6-21(18)26(3)8-9-30-23(31)12-22(15)26;1-24-9-10-29-22(30)12-17(24)3-4-18-20-6-5-19(25(20,2)8-7-21(18)24)15-11-16(23(26)27)14-28-13-15/h4-5,11-15,18,21,24H,6-10H2,1-3H3,(H,30,31);5-6,11-14,18,21,23H,3-4,7-10H2,1-2H3,(H,29,30)/t15?,18-,21-,25+,26+;18-,21-,24-,25+/m00/s1. The van der Waals surface area contributed by atoms with Crippen LogP contribution < -0.4 is 10.6 Å². The molecule has 2 aromatic heterocycles. The maximum atomic E-state index is 13.3. The first kappa shape index (κ1) is 41.7. The number of fused-ring (bicyclic) bond motifs is 10. The third-order valence-electron chi connectivity index (χ3n) is 17.0. The molecule has 6 aliphatic carbocycles. The maximum absolute atomic E-state index is 13.3. The normalized spacial score (nSPS) is 36.2. The SMILES string of the molecule is CC1C[C@H]2C3=CC=C(c4cncc(C(F)F)c4)[C@@]3(C)CC[C@@H]2[C@@]2(C)CCNC(=O)C=C12.C[C@]12CC[C@H]3[C@@H](CCC4=CC(=O)NCC[C@@]43C)C1=CC=C2c1cncc(C(F)F)c1. The van der Waals surface area contributed by atoms with E-state index in [1.807, 2.05) is 12.2 Å². The first-order chi connectivity index (χ1) is 29.1. The quantitative estimate of drug-likeness (QED) is 0.301. The molecule has 2 aliphatic heterocycles. The van der Waals surface area contributed by atoms with Gasteiger partial charge in [0.15, 0.2) is 0 Å². The molecular formula is C51H58F4N4O2. The van der Waals surface area contributed by atoms with Crippen molar-refractivity contribution in [2.75, 3.05) is 13.1 Å². The molecule has 322 valence electrons. The van der Waals surface area contributed by atoms with Crippen LogP contribution in [0.1, 0.15) is 128 Å². The van der Waals surface area contributed by atoms with Gasteiger partial charge in [-0.2, -0.15) is 0 Å². The van der Waals surface area contributed by atoms with Gasteiger partial charge in [0.05, 0.1) is 0 Å². The van der Waals surface area contributed by atoms with Gasteiger partial charge in [-0.05, 0) is 133 Å². The van der Waals surface area contributed by atoms with Crippen LogP contribution in [-0.4, -0.2) is 34.9 Å². The number of hydrogen-bond acceptors (Lipinski definition) is 4. The van der Waals surface area contributed by atoms with Crippen molar-refractivity contribution < 1.29 is 27.2 Å². The first-order valence-corrected chi connectivity index (χ1v) is 22.4. The van der Waals surface area contributed by atoms with Crippen molar-refractivity contribution in [3.8, 4) is 0 Å². The summed E-state index contributed by atoms with van der Waals surface area (Å²) in [5.41, 5.74) is 9.13. The molecule has 6 nitrogen and oxygen atoms in total. The van der Waals surface area contributed by atoms with Crippen molar-refractivity contribution >= 4 is 23.0 Å². The highest BCUT2D eigenvalue weighted by atomic mass is 19.3. The average Bonchev–Trinajstić information content (AvgIpc) is 3.66. The van der Waals surface area contributed by atoms with Crippen molar-refractivity contribution in [2.24, 2.45) is 51.2 Å². The predicted molar refractivity (Wildman–Crippen MR) is 230 cm³/mol. The van der Waals surface area contributed by atoms with Crippen molar-refractivity contribution in [1.29, 1.82) is 0 Å². The zero-order chi connectivity index (χ0) is 43.1. The van der Waals surface area contributed by atoms with Gasteiger partial charge in [0.1, 0.15) is 0 Å². The fourth-order valence-electron chi connectivity index (χ4n) is 13.8. The lowest BCUT2D eigenvalue weighted by Gasteiger charge is -2.56. The van der Waals surface area contributed by atoms with E-state index >= 15 is 0 Å². The molecule has 0 radical (unpaired) electrons. The molecule has 2 amide bonds. The van der Waals surface area contributed by atoms with Crippen LogP contribution in [0.5, 0.6) is 0 Å². The number of nitrogens with zero attached hydrogens (tertiary/aromatic N) is 2. The van der Waals surface area contributed by atoms with E-state index in [1.54, 1.807) is 24.5 Å². The number of alkyl halides is 4. The van der Waals surface area contributed by atoms with Crippen LogP contribution in [0.3, 0.4) is 0 Å². The number of aromatic nitrogens is 2. The Morgan fingerprint density at radius 1 is 0.623 bits per heavy atom. The molecule has 61 heavy (non-hydrogen) atoms. The molecule has 4 saturated carbocycles. The molecule has 10 rings (SSSR count). The largest absolute Gasteiger partial charge is 0.353 e. The summed E-state index contributed by atoms with van der Waals surface area (Å²) in [6, 6.07) is 3.20. The van der Waals surface area contributed by atoms with E-state index in [0.717, 1.165) is 93.2 Å². The van der Waals surface area contributed by atoms with Gasteiger partial charge in [-0.1, -0.05) is 81.2 Å². The van der Waals surface area contributed by atoms with Crippen LogP contribution in [0.25, 0.3) is 11.1 Å². The van der Waals surface area contributed by atoms with Crippen LogP contribution in [0, 0.1) is 51.2 Å². The predicted octanol–water partition coefficient (Wildman–Crippen LogP) is 11.5. The van der Waals surface area contributed by atoms with Crippen molar-refractivity contribution in [3.05, 3.63) is 118 Å². The maximum Gasteiger partial charge on any atom is 0.265 e. The zero-order valence-corrected chi connectivity index (χ0v) is 36.0. The van der Waals surface area contributed by atoms with Crippen LogP contribution in [0.4, 0.5) is 17.6 Å². The van der Waals surface area contributed by atoms with E-state index in [0.29, 0.717) is 29.6 Å². The van der Waals surface area contributed by atoms with Gasteiger partial charge in [0.2, 0.25) is 11.8 Å². The number of halogens is 4. The van der Waals surface area contributed by atoms with Gasteiger partial charge < -0.3 is 10.6 Å². The molecule has 2 N–H and O–H groups in total. The summed E-state index contributed by atoms with van der Waals surface area (Å²) in [4.78, 5) is 32.5. The van der Waals surface area contributed by atoms with Gasteiger partial charge in [0, 0.05) is 72.0 Å². The first-order valence-electron chi connectivity index (χ1n) is 22.4. The number of hydrogen-bond donors (Lipinski definition) is 2. The average molecular weight is 835 g/mol. The molecule has 1 unspecified atom stereocenters. The van der Waals surface area contributed by atoms with Gasteiger partial charge in [-0.3, -0.25) is 19.6 Å². The van der Waals surface area contributed by atoms with Gasteiger partial charge in [0.25, 0.3) is 12.9 Å². The van der Waals surface area contributed by atoms with E-state index in [4.69, 9.17) is 0 Å².